The summed E-state index contributed by atoms with van der Waals surface area (Å²) in [6.07, 6.45) is 2.72. The van der Waals surface area contributed by atoms with Crippen LogP contribution in [0.25, 0.3) is 11.0 Å². The number of nitrogens with zero attached hydrogens (tertiary/aromatic N) is 2. The van der Waals surface area contributed by atoms with Crippen LogP contribution in [-0.2, 0) is 4.74 Å². The van der Waals surface area contributed by atoms with Gasteiger partial charge in [0.05, 0.1) is 37.8 Å². The van der Waals surface area contributed by atoms with Gasteiger partial charge in [-0.25, -0.2) is 10.8 Å². The van der Waals surface area contributed by atoms with Gasteiger partial charge < -0.3 is 25.6 Å². The summed E-state index contributed by atoms with van der Waals surface area (Å²) in [5, 5.41) is 10.5. The molecule has 2 rings (SSSR count). The van der Waals surface area contributed by atoms with E-state index < -0.39 is 5.78 Å². The van der Waals surface area contributed by atoms with Gasteiger partial charge >= 0.3 is 0 Å². The maximum atomic E-state index is 12.5. The van der Waals surface area contributed by atoms with Gasteiger partial charge in [-0.1, -0.05) is 13.8 Å². The molecule has 146 valence electrons. The predicted octanol–water partition coefficient (Wildman–Crippen LogP) is 0.569. The summed E-state index contributed by atoms with van der Waals surface area (Å²) >= 11 is 0. The van der Waals surface area contributed by atoms with Crippen molar-refractivity contribution in [3.8, 4) is 0 Å². The first-order chi connectivity index (χ1) is 12.8. The molecule has 27 heavy (non-hydrogen) atoms. The fourth-order valence-electron chi connectivity index (χ4n) is 2.39. The van der Waals surface area contributed by atoms with Gasteiger partial charge in [-0.15, -0.1) is 0 Å². The lowest BCUT2D eigenvalue weighted by molar-refractivity contribution is 0.0812. The number of allylic oxidation sites excluding steroid dienone is 1. The number of hydrazine groups is 1. The lowest BCUT2D eigenvalue weighted by Crippen LogP contribution is -2.31. The Bertz CT molecular complexity index is 843. The van der Waals surface area contributed by atoms with Crippen molar-refractivity contribution >= 4 is 22.6 Å². The van der Waals surface area contributed by atoms with E-state index in [1.807, 2.05) is 13.8 Å². The molecule has 0 saturated carbocycles. The van der Waals surface area contributed by atoms with E-state index >= 15 is 0 Å². The summed E-state index contributed by atoms with van der Waals surface area (Å²) < 4.78 is 5.10. The fourth-order valence-corrected chi connectivity index (χ4v) is 2.39. The Morgan fingerprint density at radius 3 is 2.78 bits per heavy atom. The Morgan fingerprint density at radius 1 is 1.37 bits per heavy atom. The van der Waals surface area contributed by atoms with Gasteiger partial charge in [0.1, 0.15) is 5.65 Å². The quantitative estimate of drug-likeness (QED) is 0.155. The predicted molar refractivity (Wildman–Crippen MR) is 101 cm³/mol. The molecule has 0 unspecified atom stereocenters. The Kier molecular flexibility index (Phi) is 7.05. The Morgan fingerprint density at radius 2 is 2.11 bits per heavy atom. The molecule has 2 aromatic heterocycles. The number of ether oxygens (including phenoxy) is 1. The second kappa shape index (κ2) is 9.26. The average Bonchev–Trinajstić information content (AvgIpc) is 3.06. The molecule has 0 saturated heterocycles. The summed E-state index contributed by atoms with van der Waals surface area (Å²) in [6, 6.07) is 3.30. The molecule has 2 aromatic rings. The zero-order valence-electron chi connectivity index (χ0n) is 15.4. The third kappa shape index (κ3) is 5.36. The monoisotopic (exact) mass is 375 g/mol. The van der Waals surface area contributed by atoms with E-state index in [-0.39, 0.29) is 30.6 Å². The first kappa shape index (κ1) is 20.6. The number of nitrogens with two attached hydrogens (primary N) is 2. The highest BCUT2D eigenvalue weighted by Crippen LogP contribution is 2.18. The van der Waals surface area contributed by atoms with Crippen LogP contribution in [0.2, 0.25) is 0 Å². The summed E-state index contributed by atoms with van der Waals surface area (Å²) in [7, 11) is 0. The minimum atomic E-state index is -0.422. The second-order valence-corrected chi connectivity index (χ2v) is 6.35. The number of nitrogens with one attached hydrogen (secondary N) is 1. The number of rotatable bonds is 10. The fraction of sp³-hybridized carbons (Fsp3) is 0.389. The number of H-pyrrole nitrogens is 1. The first-order valence-electron chi connectivity index (χ1n) is 8.58. The summed E-state index contributed by atoms with van der Waals surface area (Å²) in [5.74, 6) is 5.16. The van der Waals surface area contributed by atoms with Gasteiger partial charge in [0.15, 0.2) is 5.78 Å². The zero-order valence-corrected chi connectivity index (χ0v) is 15.4. The van der Waals surface area contributed by atoms with E-state index in [9.17, 15) is 9.59 Å². The summed E-state index contributed by atoms with van der Waals surface area (Å²) in [5.41, 5.74) is 7.07. The number of aliphatic hydroxyl groups excluding tert-OH is 1. The molecule has 6 N–H and O–H groups in total. The molecule has 2 heterocycles. The molecule has 0 fully saturated rings. The molecule has 0 amide bonds. The van der Waals surface area contributed by atoms with Gasteiger partial charge in [0.25, 0.3) is 0 Å². The van der Waals surface area contributed by atoms with Gasteiger partial charge in [-0.3, -0.25) is 9.59 Å². The number of aromatic nitrogens is 2. The topological polar surface area (TPSA) is 148 Å². The van der Waals surface area contributed by atoms with Crippen LogP contribution in [0.1, 0.15) is 34.7 Å². The van der Waals surface area contributed by atoms with E-state index in [1.54, 1.807) is 12.1 Å². The lowest BCUT2D eigenvalue weighted by Gasteiger charge is -2.14. The van der Waals surface area contributed by atoms with E-state index in [1.165, 1.54) is 17.4 Å². The van der Waals surface area contributed by atoms with Crippen molar-refractivity contribution in [3.05, 3.63) is 41.5 Å². The Hall–Kier alpha value is -2.75. The molecule has 0 aromatic carbocycles. The first-order valence-corrected chi connectivity index (χ1v) is 8.58. The average molecular weight is 375 g/mol. The minimum Gasteiger partial charge on any atom is -0.394 e. The second-order valence-electron chi connectivity index (χ2n) is 6.35. The molecule has 0 bridgehead atoms. The van der Waals surface area contributed by atoms with Crippen LogP contribution in [-0.4, -0.2) is 58.0 Å². The van der Waals surface area contributed by atoms with Crippen molar-refractivity contribution in [2.75, 3.05) is 26.4 Å². The van der Waals surface area contributed by atoms with Gasteiger partial charge in [0, 0.05) is 29.3 Å². The van der Waals surface area contributed by atoms with Crippen LogP contribution in [0, 0.1) is 5.92 Å². The molecule has 0 radical (unpaired) electrons. The lowest BCUT2D eigenvalue weighted by atomic mass is 10.1. The maximum Gasteiger partial charge on any atom is 0.211 e. The Balaban J connectivity index is 2.11. The van der Waals surface area contributed by atoms with Crippen molar-refractivity contribution in [2.45, 2.75) is 13.8 Å². The minimum absolute atomic E-state index is 0.0255. The molecule has 0 atom stereocenters. The van der Waals surface area contributed by atoms with Crippen LogP contribution in [0.4, 0.5) is 0 Å². The van der Waals surface area contributed by atoms with Crippen molar-refractivity contribution in [1.82, 2.24) is 15.0 Å². The number of pyridine rings is 1. The number of ketones is 2. The maximum absolute atomic E-state index is 12.5. The molecular formula is C18H25N5O4. The number of fused-ring (bicyclic) bond motifs is 1. The van der Waals surface area contributed by atoms with Gasteiger partial charge in [-0.2, -0.15) is 0 Å². The number of Topliss-reactive ketones (excluding diaryl/α,β-unsaturated/α-hetero) is 2. The normalized spacial score (nSPS) is 12.0. The van der Waals surface area contributed by atoms with Crippen LogP contribution < -0.4 is 11.6 Å². The number of aromatic amines is 1. The smallest absolute Gasteiger partial charge is 0.211 e. The molecule has 9 nitrogen and oxygen atoms in total. The highest BCUT2D eigenvalue weighted by molar-refractivity contribution is 6.09. The number of carbonyl (C=O) groups is 2. The van der Waals surface area contributed by atoms with Crippen LogP contribution in [0.15, 0.2) is 30.2 Å². The number of carbonyl (C=O) groups excluding carboxylic acids is 2. The molecule has 0 aliphatic heterocycles. The van der Waals surface area contributed by atoms with Gasteiger partial charge in [-0.05, 0) is 12.1 Å². The molecular weight excluding hydrogens is 350 g/mol. The summed E-state index contributed by atoms with van der Waals surface area (Å²) in [4.78, 5) is 31.7. The number of hydrogen-bond donors (Lipinski definition) is 4. The molecule has 0 spiro atoms. The molecule has 0 aliphatic carbocycles. The molecule has 9 heteroatoms. The molecule has 0 aliphatic rings. The van der Waals surface area contributed by atoms with E-state index in [0.29, 0.717) is 35.4 Å². The number of hydrogen-bond acceptors (Lipinski definition) is 8. The number of aliphatic hydroxyl groups is 1. The third-order valence-corrected chi connectivity index (χ3v) is 3.82. The van der Waals surface area contributed by atoms with Crippen molar-refractivity contribution in [1.29, 1.82) is 0 Å². The highest BCUT2D eigenvalue weighted by atomic mass is 16.5. The van der Waals surface area contributed by atoms with Crippen LogP contribution >= 0.6 is 0 Å². The van der Waals surface area contributed by atoms with Crippen LogP contribution in [0.3, 0.4) is 0 Å². The van der Waals surface area contributed by atoms with E-state index in [2.05, 4.69) is 9.97 Å². The van der Waals surface area contributed by atoms with Crippen molar-refractivity contribution in [3.63, 3.8) is 0 Å². The summed E-state index contributed by atoms with van der Waals surface area (Å²) in [6.45, 7) is 4.38. The van der Waals surface area contributed by atoms with Gasteiger partial charge in [0.2, 0.25) is 5.78 Å². The SMILES string of the molecule is CC(C)C(=O)c1cc2cc(C(=O)/C(N)=C/N(N)CCOCCO)cnc2[nH]1. The highest BCUT2D eigenvalue weighted by Gasteiger charge is 2.16. The largest absolute Gasteiger partial charge is 0.394 e. The third-order valence-electron chi connectivity index (χ3n) is 3.82. The van der Waals surface area contributed by atoms with E-state index in [0.717, 1.165) is 0 Å². The zero-order chi connectivity index (χ0) is 20.0. The van der Waals surface area contributed by atoms with Crippen molar-refractivity contribution < 1.29 is 19.4 Å². The van der Waals surface area contributed by atoms with Crippen molar-refractivity contribution in [2.24, 2.45) is 17.5 Å². The van der Waals surface area contributed by atoms with Crippen LogP contribution in [0.5, 0.6) is 0 Å². The van der Waals surface area contributed by atoms with E-state index in [4.69, 9.17) is 21.4 Å². The standard InChI is InChI=1S/C18H25N5O4/c1-11(2)16(25)15-8-12-7-13(9-21-18(12)22-15)17(26)14(19)10-23(20)3-5-27-6-4-24/h7-11,24H,3-6,19-20H2,1-2H3,(H,21,22)/b14-10-. The Labute approximate surface area is 157 Å².